The van der Waals surface area contributed by atoms with Crippen molar-refractivity contribution in [2.45, 2.75) is 57.7 Å². The largest absolute Gasteiger partial charge is 0.468 e. The number of halogens is 1. The van der Waals surface area contributed by atoms with Gasteiger partial charge in [0.2, 0.25) is 0 Å². The first kappa shape index (κ1) is 20.5. The molecule has 0 aromatic heterocycles. The van der Waals surface area contributed by atoms with Crippen molar-refractivity contribution in [1.29, 1.82) is 0 Å². The highest BCUT2D eigenvalue weighted by atomic mass is 19.1. The maximum atomic E-state index is 13.2. The molecule has 7 heteroatoms. The Kier molecular flexibility index (Phi) is 6.13. The van der Waals surface area contributed by atoms with Crippen LogP contribution < -0.4 is 0 Å². The zero-order chi connectivity index (χ0) is 20.3. The van der Waals surface area contributed by atoms with Gasteiger partial charge >= 0.3 is 11.9 Å². The molecule has 2 heterocycles. The minimum Gasteiger partial charge on any atom is -0.468 e. The molecule has 152 valence electrons. The summed E-state index contributed by atoms with van der Waals surface area (Å²) in [5, 5.41) is 0. The average molecular weight is 391 g/mol. The van der Waals surface area contributed by atoms with Crippen LogP contribution in [-0.2, 0) is 30.4 Å². The summed E-state index contributed by atoms with van der Waals surface area (Å²) in [6.07, 6.45) is 1.92. The number of hydrogen-bond acceptors (Lipinski definition) is 6. The Morgan fingerprint density at radius 1 is 1.25 bits per heavy atom. The van der Waals surface area contributed by atoms with Crippen molar-refractivity contribution in [3.8, 4) is 0 Å². The molecular weight excluding hydrogens is 365 g/mol. The molecule has 3 atom stereocenters. The summed E-state index contributed by atoms with van der Waals surface area (Å²) in [5.41, 5.74) is -0.660. The molecular formula is C21H26FNO5. The maximum absolute atomic E-state index is 13.2. The number of Topliss-reactive ketones (excluding diaryl/α,β-unsaturated/α-hetero) is 1. The number of benzene rings is 1. The van der Waals surface area contributed by atoms with Gasteiger partial charge in [0.1, 0.15) is 5.82 Å². The lowest BCUT2D eigenvalue weighted by Crippen LogP contribution is -2.61. The first-order chi connectivity index (χ1) is 13.4. The van der Waals surface area contributed by atoms with E-state index < -0.39 is 23.4 Å². The molecule has 0 amide bonds. The van der Waals surface area contributed by atoms with E-state index >= 15 is 0 Å². The van der Waals surface area contributed by atoms with Gasteiger partial charge in [-0.3, -0.25) is 19.3 Å². The van der Waals surface area contributed by atoms with Crippen molar-refractivity contribution >= 4 is 17.7 Å². The highest BCUT2D eigenvalue weighted by Gasteiger charge is 2.62. The number of esters is 2. The normalized spacial score (nSPS) is 26.9. The molecule has 2 fully saturated rings. The number of ether oxygens (including phenoxy) is 2. The summed E-state index contributed by atoms with van der Waals surface area (Å²) in [7, 11) is 1.24. The predicted octanol–water partition coefficient (Wildman–Crippen LogP) is 2.63. The van der Waals surface area contributed by atoms with Gasteiger partial charge in [-0.25, -0.2) is 4.39 Å². The lowest BCUT2D eigenvalue weighted by Gasteiger charge is -2.45. The molecule has 3 rings (SSSR count). The van der Waals surface area contributed by atoms with E-state index in [4.69, 9.17) is 9.47 Å². The number of methoxy groups -OCH3 is 1. The Balaban J connectivity index is 1.91. The van der Waals surface area contributed by atoms with Crippen LogP contribution in [0.15, 0.2) is 24.3 Å². The minimum absolute atomic E-state index is 0.00648. The van der Waals surface area contributed by atoms with Gasteiger partial charge in [0.25, 0.3) is 0 Å². The monoisotopic (exact) mass is 391 g/mol. The van der Waals surface area contributed by atoms with Crippen LogP contribution >= 0.6 is 0 Å². The molecule has 2 bridgehead atoms. The molecule has 0 radical (unpaired) electrons. The van der Waals surface area contributed by atoms with E-state index in [0.29, 0.717) is 19.4 Å². The summed E-state index contributed by atoms with van der Waals surface area (Å²) in [4.78, 5) is 40.3. The number of nitrogens with zero attached hydrogens (tertiary/aromatic N) is 1. The van der Waals surface area contributed by atoms with Gasteiger partial charge in [-0.2, -0.15) is 0 Å². The van der Waals surface area contributed by atoms with Crippen LogP contribution in [0.3, 0.4) is 0 Å². The second-order valence-electron chi connectivity index (χ2n) is 7.53. The lowest BCUT2D eigenvalue weighted by molar-refractivity contribution is -0.173. The molecule has 2 aliphatic heterocycles. The van der Waals surface area contributed by atoms with E-state index in [2.05, 4.69) is 4.90 Å². The third-order valence-electron chi connectivity index (χ3n) is 5.85. The third kappa shape index (κ3) is 3.68. The summed E-state index contributed by atoms with van der Waals surface area (Å²) in [6.45, 7) is 2.60. The van der Waals surface area contributed by atoms with Crippen molar-refractivity contribution in [3.63, 3.8) is 0 Å². The van der Waals surface area contributed by atoms with Crippen LogP contribution in [0.25, 0.3) is 0 Å². The minimum atomic E-state index is -1.55. The molecule has 1 aromatic carbocycles. The van der Waals surface area contributed by atoms with Gasteiger partial charge in [0.15, 0.2) is 11.2 Å². The molecule has 2 aliphatic rings. The Morgan fingerprint density at radius 3 is 2.61 bits per heavy atom. The number of carbonyl (C=O) groups excluding carboxylic acids is 3. The molecule has 2 saturated heterocycles. The van der Waals surface area contributed by atoms with E-state index in [-0.39, 0.29) is 37.1 Å². The van der Waals surface area contributed by atoms with Crippen molar-refractivity contribution < 1.29 is 28.2 Å². The van der Waals surface area contributed by atoms with Gasteiger partial charge in [-0.1, -0.05) is 19.1 Å². The van der Waals surface area contributed by atoms with Gasteiger partial charge in [0, 0.05) is 25.0 Å². The molecule has 0 saturated carbocycles. The average Bonchev–Trinajstić information content (AvgIpc) is 3.00. The number of fused-ring (bicyclic) bond motifs is 2. The van der Waals surface area contributed by atoms with Crippen LogP contribution in [0.5, 0.6) is 0 Å². The molecule has 1 aromatic rings. The summed E-state index contributed by atoms with van der Waals surface area (Å²) >= 11 is 0. The SMILES string of the molecule is CCCOC(=O)C[C@]1(C(=O)OC)C(=O)C[C@H]2CC[C@@H]1N2Cc1ccc(F)cc1. The standard InChI is InChI=1S/C21H26FNO5/c1-3-10-28-19(25)12-21(20(26)27-2)17-9-8-16(11-18(21)24)23(17)13-14-4-6-15(22)7-5-14/h4-7,16-17H,3,8-13H2,1-2H3/t16-,17+,21-/m1/s1. The fourth-order valence-corrected chi connectivity index (χ4v) is 4.52. The molecule has 0 unspecified atom stereocenters. The third-order valence-corrected chi connectivity index (χ3v) is 5.85. The Hall–Kier alpha value is -2.28. The zero-order valence-corrected chi connectivity index (χ0v) is 16.3. The van der Waals surface area contributed by atoms with Crippen LogP contribution in [0.1, 0.15) is 44.6 Å². The van der Waals surface area contributed by atoms with Crippen LogP contribution in [0.4, 0.5) is 4.39 Å². The fraction of sp³-hybridized carbons (Fsp3) is 0.571. The van der Waals surface area contributed by atoms with Crippen LogP contribution in [-0.4, -0.2) is 48.4 Å². The van der Waals surface area contributed by atoms with Gasteiger partial charge < -0.3 is 9.47 Å². The zero-order valence-electron chi connectivity index (χ0n) is 16.3. The van der Waals surface area contributed by atoms with Crippen molar-refractivity contribution in [1.82, 2.24) is 4.90 Å². The first-order valence-corrected chi connectivity index (χ1v) is 9.70. The molecule has 0 aliphatic carbocycles. The summed E-state index contributed by atoms with van der Waals surface area (Å²) < 4.78 is 23.4. The first-order valence-electron chi connectivity index (χ1n) is 9.70. The van der Waals surface area contributed by atoms with Gasteiger partial charge in [0.05, 0.1) is 20.1 Å². The maximum Gasteiger partial charge on any atom is 0.321 e. The van der Waals surface area contributed by atoms with Gasteiger partial charge in [-0.15, -0.1) is 0 Å². The van der Waals surface area contributed by atoms with E-state index in [9.17, 15) is 18.8 Å². The second kappa shape index (κ2) is 8.39. The predicted molar refractivity (Wildman–Crippen MR) is 98.7 cm³/mol. The fourth-order valence-electron chi connectivity index (χ4n) is 4.52. The van der Waals surface area contributed by atoms with Crippen LogP contribution in [0, 0.1) is 11.2 Å². The molecule has 6 nitrogen and oxygen atoms in total. The summed E-state index contributed by atoms with van der Waals surface area (Å²) in [5.74, 6) is -1.81. The van der Waals surface area contributed by atoms with Crippen molar-refractivity contribution in [2.75, 3.05) is 13.7 Å². The quantitative estimate of drug-likeness (QED) is 0.526. The molecule has 0 N–H and O–H groups in total. The number of carbonyl (C=O) groups is 3. The van der Waals surface area contributed by atoms with Gasteiger partial charge in [-0.05, 0) is 37.0 Å². The number of piperidine rings is 1. The lowest BCUT2D eigenvalue weighted by atomic mass is 9.70. The molecule has 0 spiro atoms. The molecule has 28 heavy (non-hydrogen) atoms. The van der Waals surface area contributed by atoms with E-state index in [1.807, 2.05) is 6.92 Å². The van der Waals surface area contributed by atoms with E-state index in [0.717, 1.165) is 12.0 Å². The van der Waals surface area contributed by atoms with Crippen LogP contribution in [0.2, 0.25) is 0 Å². The highest BCUT2D eigenvalue weighted by molar-refractivity contribution is 6.08. The van der Waals surface area contributed by atoms with E-state index in [1.54, 1.807) is 12.1 Å². The Labute approximate surface area is 164 Å². The summed E-state index contributed by atoms with van der Waals surface area (Å²) in [6, 6.07) is 5.74. The highest BCUT2D eigenvalue weighted by Crippen LogP contribution is 2.48. The topological polar surface area (TPSA) is 72.9 Å². The second-order valence-corrected chi connectivity index (χ2v) is 7.53. The number of hydrogen-bond donors (Lipinski definition) is 0. The Morgan fingerprint density at radius 2 is 1.96 bits per heavy atom. The Bertz CT molecular complexity index is 750. The number of ketones is 1. The smallest absolute Gasteiger partial charge is 0.321 e. The van der Waals surface area contributed by atoms with Crippen molar-refractivity contribution in [2.24, 2.45) is 5.41 Å². The number of rotatable bonds is 7. The van der Waals surface area contributed by atoms with Crippen molar-refractivity contribution in [3.05, 3.63) is 35.6 Å². The van der Waals surface area contributed by atoms with E-state index in [1.165, 1.54) is 19.2 Å².